The first-order valence-corrected chi connectivity index (χ1v) is 5.72. The number of rotatable bonds is 7. The van der Waals surface area contributed by atoms with Crippen LogP contribution in [0.15, 0.2) is 18.2 Å². The molecular weight excluding hydrogens is 221 g/mol. The highest BCUT2D eigenvalue weighted by atomic mass is 19.1. The maximum atomic E-state index is 13.4. The number of hydrogen-bond acceptors (Lipinski definition) is 3. The summed E-state index contributed by atoms with van der Waals surface area (Å²) < 4.78 is 23.3. The molecule has 1 aromatic rings. The molecule has 0 spiro atoms. The van der Waals surface area contributed by atoms with Gasteiger partial charge in [-0.25, -0.2) is 4.39 Å². The fourth-order valence-corrected chi connectivity index (χ4v) is 1.51. The van der Waals surface area contributed by atoms with Crippen molar-refractivity contribution in [1.29, 1.82) is 0 Å². The molecule has 1 N–H and O–H groups in total. The minimum atomic E-state index is -0.323. The van der Waals surface area contributed by atoms with E-state index in [-0.39, 0.29) is 11.6 Å². The van der Waals surface area contributed by atoms with Crippen molar-refractivity contribution < 1.29 is 13.9 Å². The molecule has 0 amide bonds. The Labute approximate surface area is 102 Å². The first-order valence-electron chi connectivity index (χ1n) is 5.72. The first kappa shape index (κ1) is 13.9. The maximum absolute atomic E-state index is 13.4. The van der Waals surface area contributed by atoms with Crippen LogP contribution in [-0.2, 0) is 11.3 Å². The van der Waals surface area contributed by atoms with Crippen molar-refractivity contribution in [2.45, 2.75) is 25.9 Å². The number of methoxy groups -OCH3 is 2. The maximum Gasteiger partial charge on any atom is 0.165 e. The third kappa shape index (κ3) is 4.71. The topological polar surface area (TPSA) is 30.5 Å². The van der Waals surface area contributed by atoms with E-state index < -0.39 is 0 Å². The molecule has 0 bridgehead atoms. The number of ether oxygens (including phenoxy) is 2. The smallest absolute Gasteiger partial charge is 0.165 e. The Bertz CT molecular complexity index is 344. The average molecular weight is 241 g/mol. The van der Waals surface area contributed by atoms with Gasteiger partial charge in [-0.05, 0) is 31.0 Å². The molecule has 0 aliphatic carbocycles. The van der Waals surface area contributed by atoms with Gasteiger partial charge in [0.15, 0.2) is 11.6 Å². The Hall–Kier alpha value is -1.13. The summed E-state index contributed by atoms with van der Waals surface area (Å²) in [5, 5.41) is 3.31. The lowest BCUT2D eigenvalue weighted by Gasteiger charge is -2.13. The van der Waals surface area contributed by atoms with E-state index in [0.29, 0.717) is 12.6 Å². The summed E-state index contributed by atoms with van der Waals surface area (Å²) in [5.74, 6) is -0.0440. The molecule has 0 saturated heterocycles. The van der Waals surface area contributed by atoms with E-state index in [1.807, 2.05) is 6.07 Å². The van der Waals surface area contributed by atoms with Crippen LogP contribution in [0.4, 0.5) is 4.39 Å². The van der Waals surface area contributed by atoms with E-state index in [9.17, 15) is 4.39 Å². The molecule has 3 nitrogen and oxygen atoms in total. The molecule has 0 heterocycles. The van der Waals surface area contributed by atoms with Crippen molar-refractivity contribution >= 4 is 0 Å². The molecule has 1 atom stereocenters. The van der Waals surface area contributed by atoms with Crippen LogP contribution in [0, 0.1) is 5.82 Å². The second kappa shape index (κ2) is 7.25. The fourth-order valence-electron chi connectivity index (χ4n) is 1.51. The van der Waals surface area contributed by atoms with Gasteiger partial charge in [-0.3, -0.25) is 0 Å². The van der Waals surface area contributed by atoms with E-state index in [1.165, 1.54) is 13.2 Å². The summed E-state index contributed by atoms with van der Waals surface area (Å²) in [7, 11) is 3.15. The molecule has 1 aromatic carbocycles. The van der Waals surface area contributed by atoms with Crippen LogP contribution in [-0.4, -0.2) is 26.9 Å². The molecular formula is C13H20FNO2. The van der Waals surface area contributed by atoms with Gasteiger partial charge in [0, 0.05) is 26.3 Å². The molecule has 0 aliphatic heterocycles. The van der Waals surface area contributed by atoms with Gasteiger partial charge in [-0.15, -0.1) is 0 Å². The standard InChI is InChI=1S/C13H20FNO2/c1-10(6-7-16-2)15-9-11-4-5-13(17-3)12(14)8-11/h4-5,8,10,15H,6-7,9H2,1-3H3. The number of benzene rings is 1. The third-order valence-corrected chi connectivity index (χ3v) is 2.63. The van der Waals surface area contributed by atoms with Gasteiger partial charge in [0.2, 0.25) is 0 Å². The molecule has 4 heteroatoms. The van der Waals surface area contributed by atoms with Crippen LogP contribution in [0.3, 0.4) is 0 Å². The van der Waals surface area contributed by atoms with E-state index in [1.54, 1.807) is 13.2 Å². The Morgan fingerprint density at radius 3 is 2.71 bits per heavy atom. The lowest BCUT2D eigenvalue weighted by atomic mass is 10.2. The van der Waals surface area contributed by atoms with Crippen LogP contribution >= 0.6 is 0 Å². The summed E-state index contributed by atoms with van der Waals surface area (Å²) in [5.41, 5.74) is 0.910. The summed E-state index contributed by atoms with van der Waals surface area (Å²) in [6, 6.07) is 5.35. The third-order valence-electron chi connectivity index (χ3n) is 2.63. The van der Waals surface area contributed by atoms with Gasteiger partial charge in [0.05, 0.1) is 7.11 Å². The normalized spacial score (nSPS) is 12.5. The van der Waals surface area contributed by atoms with Crippen molar-refractivity contribution in [3.63, 3.8) is 0 Å². The number of nitrogens with one attached hydrogen (secondary N) is 1. The lowest BCUT2D eigenvalue weighted by molar-refractivity contribution is 0.184. The Kier molecular flexibility index (Phi) is 5.94. The highest BCUT2D eigenvalue weighted by Crippen LogP contribution is 2.17. The predicted octanol–water partition coefficient (Wildman–Crippen LogP) is 2.35. The molecule has 0 fully saturated rings. The molecule has 0 saturated carbocycles. The number of halogens is 1. The summed E-state index contributed by atoms with van der Waals surface area (Å²) in [4.78, 5) is 0. The minimum Gasteiger partial charge on any atom is -0.494 e. The summed E-state index contributed by atoms with van der Waals surface area (Å²) in [6.07, 6.45) is 0.940. The molecule has 1 rings (SSSR count). The molecule has 96 valence electrons. The zero-order valence-corrected chi connectivity index (χ0v) is 10.6. The van der Waals surface area contributed by atoms with Crippen LogP contribution < -0.4 is 10.1 Å². The van der Waals surface area contributed by atoms with Crippen LogP contribution in [0.25, 0.3) is 0 Å². The Balaban J connectivity index is 2.44. The van der Waals surface area contributed by atoms with E-state index in [0.717, 1.165) is 18.6 Å². The molecule has 1 unspecified atom stereocenters. The lowest BCUT2D eigenvalue weighted by Crippen LogP contribution is -2.26. The van der Waals surface area contributed by atoms with Crippen LogP contribution in [0.2, 0.25) is 0 Å². The largest absolute Gasteiger partial charge is 0.494 e. The van der Waals surface area contributed by atoms with Crippen molar-refractivity contribution in [3.8, 4) is 5.75 Å². The monoisotopic (exact) mass is 241 g/mol. The molecule has 17 heavy (non-hydrogen) atoms. The van der Waals surface area contributed by atoms with Crippen LogP contribution in [0.5, 0.6) is 5.75 Å². The highest BCUT2D eigenvalue weighted by Gasteiger charge is 2.05. The number of hydrogen-bond donors (Lipinski definition) is 1. The first-order chi connectivity index (χ1) is 8.17. The fraction of sp³-hybridized carbons (Fsp3) is 0.538. The Morgan fingerprint density at radius 2 is 2.12 bits per heavy atom. The van der Waals surface area contributed by atoms with E-state index in [2.05, 4.69) is 12.2 Å². The second-order valence-electron chi connectivity index (χ2n) is 4.03. The minimum absolute atomic E-state index is 0.279. The van der Waals surface area contributed by atoms with Crippen molar-refractivity contribution in [1.82, 2.24) is 5.32 Å². The van der Waals surface area contributed by atoms with Gasteiger partial charge >= 0.3 is 0 Å². The zero-order chi connectivity index (χ0) is 12.7. The van der Waals surface area contributed by atoms with Crippen molar-refractivity contribution in [2.24, 2.45) is 0 Å². The zero-order valence-electron chi connectivity index (χ0n) is 10.6. The van der Waals surface area contributed by atoms with Crippen molar-refractivity contribution in [2.75, 3.05) is 20.8 Å². The van der Waals surface area contributed by atoms with Crippen LogP contribution in [0.1, 0.15) is 18.9 Å². The molecule has 0 aliphatic rings. The molecule has 0 aromatic heterocycles. The van der Waals surface area contributed by atoms with E-state index >= 15 is 0 Å². The predicted molar refractivity (Wildman–Crippen MR) is 65.7 cm³/mol. The van der Waals surface area contributed by atoms with Gasteiger partial charge < -0.3 is 14.8 Å². The molecule has 0 radical (unpaired) electrons. The van der Waals surface area contributed by atoms with Gasteiger partial charge in [-0.2, -0.15) is 0 Å². The second-order valence-corrected chi connectivity index (χ2v) is 4.03. The van der Waals surface area contributed by atoms with Crippen molar-refractivity contribution in [3.05, 3.63) is 29.6 Å². The van der Waals surface area contributed by atoms with Gasteiger partial charge in [0.25, 0.3) is 0 Å². The average Bonchev–Trinajstić information content (AvgIpc) is 2.34. The SMILES string of the molecule is COCCC(C)NCc1ccc(OC)c(F)c1. The Morgan fingerprint density at radius 1 is 1.35 bits per heavy atom. The summed E-state index contributed by atoms with van der Waals surface area (Å²) in [6.45, 7) is 3.45. The van der Waals surface area contributed by atoms with E-state index in [4.69, 9.17) is 9.47 Å². The summed E-state index contributed by atoms with van der Waals surface area (Å²) >= 11 is 0. The van der Waals surface area contributed by atoms with Gasteiger partial charge in [0.1, 0.15) is 0 Å². The highest BCUT2D eigenvalue weighted by molar-refractivity contribution is 5.29. The quantitative estimate of drug-likeness (QED) is 0.795. The van der Waals surface area contributed by atoms with Gasteiger partial charge in [-0.1, -0.05) is 6.07 Å².